The van der Waals surface area contributed by atoms with Crippen LogP contribution in [-0.2, 0) is 22.6 Å². The average molecular weight is 504 g/mol. The van der Waals surface area contributed by atoms with E-state index in [1.165, 1.54) is 0 Å². The standard InChI is InChI=1S/C26H37N3O5S/c1-6-32-12-7-11-28(25(31)27-26(3,4)5)17-24(30)29(16-23-19(2)10-13-35-23)15-20-8-9-21-22(14-20)34-18-33-21/h8-10,13-14H,6-7,11-12,15-18H2,1-5H3,(H,27,31). The predicted molar refractivity (Wildman–Crippen MR) is 137 cm³/mol. The second kappa shape index (κ2) is 12.3. The van der Waals surface area contributed by atoms with Gasteiger partial charge in [0.1, 0.15) is 6.54 Å². The van der Waals surface area contributed by atoms with Crippen LogP contribution in [0.3, 0.4) is 0 Å². The Hall–Kier alpha value is -2.78. The van der Waals surface area contributed by atoms with Crippen LogP contribution >= 0.6 is 11.3 Å². The number of hydrogen-bond donors (Lipinski definition) is 1. The van der Waals surface area contributed by atoms with Gasteiger partial charge in [-0.25, -0.2) is 4.79 Å². The molecule has 1 aliphatic heterocycles. The van der Waals surface area contributed by atoms with Crippen molar-refractivity contribution in [3.8, 4) is 11.5 Å². The third-order valence-corrected chi connectivity index (χ3v) is 6.49. The summed E-state index contributed by atoms with van der Waals surface area (Å²) in [7, 11) is 0. The fourth-order valence-electron chi connectivity index (χ4n) is 3.65. The van der Waals surface area contributed by atoms with E-state index in [1.807, 2.05) is 58.2 Å². The summed E-state index contributed by atoms with van der Waals surface area (Å²) in [5.74, 6) is 1.28. The summed E-state index contributed by atoms with van der Waals surface area (Å²) < 4.78 is 16.4. The molecule has 0 aliphatic carbocycles. The van der Waals surface area contributed by atoms with Crippen LogP contribution in [0.4, 0.5) is 4.79 Å². The minimum atomic E-state index is -0.404. The number of amides is 3. The van der Waals surface area contributed by atoms with Crippen LogP contribution in [0.15, 0.2) is 29.6 Å². The van der Waals surface area contributed by atoms with Crippen molar-refractivity contribution in [1.29, 1.82) is 0 Å². The normalized spacial score (nSPS) is 12.5. The summed E-state index contributed by atoms with van der Waals surface area (Å²) in [6, 6.07) is 7.53. The van der Waals surface area contributed by atoms with Crippen molar-refractivity contribution >= 4 is 23.3 Å². The topological polar surface area (TPSA) is 80.3 Å². The smallest absolute Gasteiger partial charge is 0.318 e. The van der Waals surface area contributed by atoms with E-state index in [0.717, 1.165) is 16.0 Å². The summed E-state index contributed by atoms with van der Waals surface area (Å²) in [6.07, 6.45) is 0.658. The van der Waals surface area contributed by atoms with Crippen molar-refractivity contribution in [1.82, 2.24) is 15.1 Å². The number of hydrogen-bond acceptors (Lipinski definition) is 6. The zero-order chi connectivity index (χ0) is 25.4. The van der Waals surface area contributed by atoms with Gasteiger partial charge in [-0.15, -0.1) is 11.3 Å². The predicted octanol–water partition coefficient (Wildman–Crippen LogP) is 4.55. The van der Waals surface area contributed by atoms with Gasteiger partial charge in [-0.1, -0.05) is 6.07 Å². The molecule has 1 aromatic carbocycles. The number of rotatable bonds is 11. The van der Waals surface area contributed by atoms with Crippen LogP contribution in [0.5, 0.6) is 11.5 Å². The highest BCUT2D eigenvalue weighted by atomic mass is 32.1. The van der Waals surface area contributed by atoms with Crippen molar-refractivity contribution in [3.63, 3.8) is 0 Å². The molecule has 0 radical (unpaired) electrons. The van der Waals surface area contributed by atoms with Crippen molar-refractivity contribution < 1.29 is 23.8 Å². The molecule has 0 saturated carbocycles. The number of ether oxygens (including phenoxy) is 3. The number of carbonyl (C=O) groups excluding carboxylic acids is 2. The van der Waals surface area contributed by atoms with E-state index in [1.54, 1.807) is 21.1 Å². The molecule has 1 aliphatic rings. The van der Waals surface area contributed by atoms with Crippen LogP contribution in [0.1, 0.15) is 50.1 Å². The number of nitrogens with zero attached hydrogens (tertiary/aromatic N) is 2. The van der Waals surface area contributed by atoms with Crippen LogP contribution in [0, 0.1) is 6.92 Å². The highest BCUT2D eigenvalue weighted by Gasteiger charge is 2.25. The zero-order valence-corrected chi connectivity index (χ0v) is 22.2. The van der Waals surface area contributed by atoms with Gasteiger partial charge in [-0.05, 0) is 75.7 Å². The van der Waals surface area contributed by atoms with Crippen molar-refractivity contribution in [2.24, 2.45) is 0 Å². The number of benzene rings is 1. The Morgan fingerprint density at radius 1 is 1.11 bits per heavy atom. The minimum Gasteiger partial charge on any atom is -0.454 e. The third kappa shape index (κ3) is 8.14. The molecule has 2 heterocycles. The number of nitrogens with one attached hydrogen (secondary N) is 1. The molecule has 9 heteroatoms. The van der Waals surface area contributed by atoms with E-state index in [4.69, 9.17) is 14.2 Å². The molecular formula is C26H37N3O5S. The van der Waals surface area contributed by atoms with E-state index >= 15 is 0 Å². The Kier molecular flexibility index (Phi) is 9.40. The summed E-state index contributed by atoms with van der Waals surface area (Å²) in [5.41, 5.74) is 1.69. The average Bonchev–Trinajstić information content (AvgIpc) is 3.42. The Labute approximate surface area is 212 Å². The van der Waals surface area contributed by atoms with Crippen LogP contribution in [-0.4, -0.2) is 60.4 Å². The second-order valence-electron chi connectivity index (χ2n) is 9.62. The molecule has 35 heavy (non-hydrogen) atoms. The lowest BCUT2D eigenvalue weighted by atomic mass is 10.1. The van der Waals surface area contributed by atoms with Gasteiger partial charge < -0.3 is 29.3 Å². The molecule has 3 rings (SSSR count). The summed E-state index contributed by atoms with van der Waals surface area (Å²) in [4.78, 5) is 31.1. The maximum atomic E-state index is 13.6. The lowest BCUT2D eigenvalue weighted by molar-refractivity contribution is -0.133. The van der Waals surface area contributed by atoms with Gasteiger partial charge in [0.05, 0.1) is 6.54 Å². The molecule has 192 valence electrons. The Bertz CT molecular complexity index is 1000. The van der Waals surface area contributed by atoms with Gasteiger partial charge in [0, 0.05) is 36.7 Å². The number of fused-ring (bicyclic) bond motifs is 1. The van der Waals surface area contributed by atoms with E-state index < -0.39 is 5.54 Å². The fraction of sp³-hybridized carbons (Fsp3) is 0.538. The number of carbonyl (C=O) groups is 2. The summed E-state index contributed by atoms with van der Waals surface area (Å²) in [5, 5.41) is 5.02. The number of urea groups is 1. The fourth-order valence-corrected chi connectivity index (χ4v) is 4.57. The first-order valence-electron chi connectivity index (χ1n) is 12.0. The van der Waals surface area contributed by atoms with Gasteiger partial charge in [0.25, 0.3) is 0 Å². The van der Waals surface area contributed by atoms with Gasteiger partial charge in [0.2, 0.25) is 12.7 Å². The number of thiophene rings is 1. The van der Waals surface area contributed by atoms with Crippen LogP contribution < -0.4 is 14.8 Å². The zero-order valence-electron chi connectivity index (χ0n) is 21.4. The quantitative estimate of drug-likeness (QED) is 0.455. The lowest BCUT2D eigenvalue weighted by Gasteiger charge is -2.30. The molecular weight excluding hydrogens is 466 g/mol. The first-order valence-corrected chi connectivity index (χ1v) is 12.9. The summed E-state index contributed by atoms with van der Waals surface area (Å²) in [6.45, 7) is 12.4. The monoisotopic (exact) mass is 503 g/mol. The molecule has 0 unspecified atom stereocenters. The first-order chi connectivity index (χ1) is 16.7. The highest BCUT2D eigenvalue weighted by molar-refractivity contribution is 7.10. The maximum Gasteiger partial charge on any atom is 0.318 e. The largest absolute Gasteiger partial charge is 0.454 e. The van der Waals surface area contributed by atoms with E-state index in [2.05, 4.69) is 11.4 Å². The molecule has 0 fully saturated rings. The van der Waals surface area contributed by atoms with Crippen molar-refractivity contribution in [3.05, 3.63) is 45.6 Å². The van der Waals surface area contributed by atoms with E-state index in [-0.39, 0.29) is 25.3 Å². The maximum absolute atomic E-state index is 13.6. The third-order valence-electron chi connectivity index (χ3n) is 5.48. The molecule has 0 saturated heterocycles. The molecule has 2 aromatic rings. The summed E-state index contributed by atoms with van der Waals surface area (Å²) >= 11 is 1.63. The van der Waals surface area contributed by atoms with Crippen molar-refractivity contribution in [2.45, 2.75) is 59.7 Å². The van der Waals surface area contributed by atoms with Crippen molar-refractivity contribution in [2.75, 3.05) is 33.1 Å². The molecule has 8 nitrogen and oxygen atoms in total. The highest BCUT2D eigenvalue weighted by Crippen LogP contribution is 2.33. The van der Waals surface area contributed by atoms with Gasteiger partial charge >= 0.3 is 6.03 Å². The molecule has 0 bridgehead atoms. The molecule has 0 spiro atoms. The van der Waals surface area contributed by atoms with Gasteiger partial charge in [-0.3, -0.25) is 4.79 Å². The second-order valence-corrected chi connectivity index (χ2v) is 10.6. The Morgan fingerprint density at radius 2 is 1.89 bits per heavy atom. The lowest BCUT2D eigenvalue weighted by Crippen LogP contribution is -2.51. The van der Waals surface area contributed by atoms with Crippen LogP contribution in [0.2, 0.25) is 0 Å². The molecule has 3 amide bonds. The SMILES string of the molecule is CCOCCCN(CC(=O)N(Cc1ccc2c(c1)OCO2)Cc1sccc1C)C(=O)NC(C)(C)C. The minimum absolute atomic E-state index is 0.0109. The molecule has 1 aromatic heterocycles. The van der Waals surface area contributed by atoms with Crippen LogP contribution in [0.25, 0.3) is 0 Å². The Balaban J connectivity index is 1.77. The molecule has 1 N–H and O–H groups in total. The van der Waals surface area contributed by atoms with Gasteiger partial charge in [0.15, 0.2) is 11.5 Å². The van der Waals surface area contributed by atoms with Gasteiger partial charge in [-0.2, -0.15) is 0 Å². The first kappa shape index (κ1) is 26.8. The Morgan fingerprint density at radius 3 is 2.57 bits per heavy atom. The van der Waals surface area contributed by atoms with E-state index in [9.17, 15) is 9.59 Å². The molecule has 0 atom stereocenters. The van der Waals surface area contributed by atoms with E-state index in [0.29, 0.717) is 50.8 Å². The number of aryl methyl sites for hydroxylation is 1.